The number of rotatable bonds is 6. The lowest BCUT2D eigenvalue weighted by atomic mass is 9.99. The topological polar surface area (TPSA) is 34.5 Å². The summed E-state index contributed by atoms with van der Waals surface area (Å²) in [5.74, 6) is 0.141. The maximum Gasteiger partial charge on any atom is 0.159 e. The molecule has 2 heterocycles. The van der Waals surface area contributed by atoms with Gasteiger partial charge in [-0.15, -0.1) is 0 Å². The zero-order chi connectivity index (χ0) is 21.9. The predicted octanol–water partition coefficient (Wildman–Crippen LogP) is 5.91. The summed E-state index contributed by atoms with van der Waals surface area (Å²) in [5.41, 5.74) is 4.50. The van der Waals surface area contributed by atoms with Crippen LogP contribution in [0, 0.1) is 0 Å². The average Bonchev–Trinajstić information content (AvgIpc) is 3.23. The number of ketones is 1. The molecule has 32 heavy (non-hydrogen) atoms. The maximum absolute atomic E-state index is 12.6. The summed E-state index contributed by atoms with van der Waals surface area (Å²) in [6, 6.07) is 31.2. The summed E-state index contributed by atoms with van der Waals surface area (Å²) < 4.78 is 8.05. The smallest absolute Gasteiger partial charge is 0.159 e. The third-order valence-electron chi connectivity index (χ3n) is 6.15. The van der Waals surface area contributed by atoms with Gasteiger partial charge in [0.25, 0.3) is 0 Å². The molecule has 1 aliphatic heterocycles. The standard InChI is InChI=1S/C28H26N2O2/c1-32-20-28(21-10-4-2-5-11-21)30-25-15-9-8-12-22(25)18-27(30)26-19-24(31)16-17-29(26)23-13-6-3-7-14-23/h2-18,26,28H,19-20H2,1H3/t26-,28-/m1/s1. The van der Waals surface area contributed by atoms with Crippen LogP contribution in [-0.2, 0) is 9.53 Å². The number of hydrogen-bond donors (Lipinski definition) is 0. The predicted molar refractivity (Wildman–Crippen MR) is 129 cm³/mol. The van der Waals surface area contributed by atoms with Crippen molar-refractivity contribution in [1.29, 1.82) is 0 Å². The van der Waals surface area contributed by atoms with Gasteiger partial charge in [0.05, 0.1) is 18.7 Å². The van der Waals surface area contributed by atoms with E-state index in [4.69, 9.17) is 4.74 Å². The Labute approximate surface area is 188 Å². The summed E-state index contributed by atoms with van der Waals surface area (Å²) in [4.78, 5) is 14.8. The van der Waals surface area contributed by atoms with Gasteiger partial charge < -0.3 is 14.2 Å². The molecule has 0 radical (unpaired) electrons. The highest BCUT2D eigenvalue weighted by Gasteiger charge is 2.31. The van der Waals surface area contributed by atoms with Crippen molar-refractivity contribution < 1.29 is 9.53 Å². The quantitative estimate of drug-likeness (QED) is 0.387. The summed E-state index contributed by atoms with van der Waals surface area (Å²) in [7, 11) is 1.74. The van der Waals surface area contributed by atoms with Gasteiger partial charge in [-0.05, 0) is 41.3 Å². The molecular formula is C28H26N2O2. The zero-order valence-corrected chi connectivity index (χ0v) is 18.1. The third-order valence-corrected chi connectivity index (χ3v) is 6.15. The minimum atomic E-state index is -0.106. The van der Waals surface area contributed by atoms with Gasteiger partial charge in [0.15, 0.2) is 5.78 Å². The fourth-order valence-corrected chi connectivity index (χ4v) is 4.69. The molecule has 0 saturated carbocycles. The van der Waals surface area contributed by atoms with Crippen LogP contribution in [0.5, 0.6) is 0 Å². The number of aromatic nitrogens is 1. The summed E-state index contributed by atoms with van der Waals surface area (Å²) >= 11 is 0. The van der Waals surface area contributed by atoms with E-state index in [0.29, 0.717) is 13.0 Å². The average molecular weight is 423 g/mol. The number of benzene rings is 3. The van der Waals surface area contributed by atoms with Crippen molar-refractivity contribution in [2.75, 3.05) is 18.6 Å². The third kappa shape index (κ3) is 3.74. The highest BCUT2D eigenvalue weighted by atomic mass is 16.5. The molecule has 4 nitrogen and oxygen atoms in total. The molecule has 0 fully saturated rings. The number of para-hydroxylation sites is 2. The van der Waals surface area contributed by atoms with Crippen LogP contribution < -0.4 is 4.90 Å². The van der Waals surface area contributed by atoms with Crippen molar-refractivity contribution in [2.24, 2.45) is 0 Å². The molecule has 1 aromatic heterocycles. The van der Waals surface area contributed by atoms with E-state index >= 15 is 0 Å². The van der Waals surface area contributed by atoms with E-state index in [-0.39, 0.29) is 17.9 Å². The summed E-state index contributed by atoms with van der Waals surface area (Å²) in [6.07, 6.45) is 4.03. The van der Waals surface area contributed by atoms with Crippen molar-refractivity contribution >= 4 is 22.4 Å². The summed E-state index contributed by atoms with van der Waals surface area (Å²) in [5, 5.41) is 1.16. The molecule has 0 N–H and O–H groups in total. The van der Waals surface area contributed by atoms with Crippen LogP contribution in [0.25, 0.3) is 10.9 Å². The van der Waals surface area contributed by atoms with Gasteiger partial charge in [-0.3, -0.25) is 4.79 Å². The van der Waals surface area contributed by atoms with E-state index in [2.05, 4.69) is 76.2 Å². The Morgan fingerprint density at radius 1 is 0.938 bits per heavy atom. The van der Waals surface area contributed by atoms with Crippen LogP contribution in [0.3, 0.4) is 0 Å². The Balaban J connectivity index is 1.72. The molecule has 0 saturated heterocycles. The van der Waals surface area contributed by atoms with Gasteiger partial charge in [-0.1, -0.05) is 66.7 Å². The molecule has 4 heteroatoms. The van der Waals surface area contributed by atoms with E-state index in [0.717, 1.165) is 22.3 Å². The van der Waals surface area contributed by atoms with Crippen molar-refractivity contribution in [3.8, 4) is 0 Å². The van der Waals surface area contributed by atoms with Crippen molar-refractivity contribution in [1.82, 2.24) is 4.57 Å². The Hall–Kier alpha value is -3.63. The lowest BCUT2D eigenvalue weighted by Gasteiger charge is -2.35. The Bertz CT molecular complexity index is 1240. The van der Waals surface area contributed by atoms with E-state index < -0.39 is 0 Å². The van der Waals surface area contributed by atoms with Crippen molar-refractivity contribution in [3.63, 3.8) is 0 Å². The van der Waals surface area contributed by atoms with Crippen molar-refractivity contribution in [2.45, 2.75) is 18.5 Å². The monoisotopic (exact) mass is 422 g/mol. The molecule has 0 aliphatic carbocycles. The maximum atomic E-state index is 12.6. The molecule has 4 aromatic rings. The number of fused-ring (bicyclic) bond motifs is 1. The fraction of sp³-hybridized carbons (Fsp3) is 0.179. The lowest BCUT2D eigenvalue weighted by molar-refractivity contribution is -0.115. The van der Waals surface area contributed by atoms with Gasteiger partial charge >= 0.3 is 0 Å². The first kappa shape index (κ1) is 20.3. The van der Waals surface area contributed by atoms with Crippen LogP contribution in [0.4, 0.5) is 5.69 Å². The molecule has 160 valence electrons. The molecular weight excluding hydrogens is 396 g/mol. The first-order valence-corrected chi connectivity index (χ1v) is 10.9. The van der Waals surface area contributed by atoms with Gasteiger partial charge in [0, 0.05) is 36.6 Å². The van der Waals surface area contributed by atoms with Gasteiger partial charge in [-0.2, -0.15) is 0 Å². The highest BCUT2D eigenvalue weighted by Crippen LogP contribution is 2.39. The second-order valence-corrected chi connectivity index (χ2v) is 8.12. The zero-order valence-electron chi connectivity index (χ0n) is 18.1. The van der Waals surface area contributed by atoms with Gasteiger partial charge in [-0.25, -0.2) is 0 Å². The Morgan fingerprint density at radius 3 is 2.38 bits per heavy atom. The van der Waals surface area contributed by atoms with Crippen LogP contribution in [0.1, 0.15) is 29.8 Å². The number of ether oxygens (including phenoxy) is 1. The second-order valence-electron chi connectivity index (χ2n) is 8.12. The molecule has 0 bridgehead atoms. The molecule has 1 aliphatic rings. The SMILES string of the molecule is COC[C@H](c1ccccc1)n1c([C@H]2CC(=O)C=CN2c2ccccc2)cc2ccccc21. The minimum absolute atomic E-state index is 0.00488. The molecule has 2 atom stereocenters. The molecule has 3 aromatic carbocycles. The molecule has 0 unspecified atom stereocenters. The van der Waals surface area contributed by atoms with Crippen LogP contribution in [-0.4, -0.2) is 24.1 Å². The normalized spacial score (nSPS) is 17.1. The van der Waals surface area contributed by atoms with Gasteiger partial charge in [0.1, 0.15) is 0 Å². The highest BCUT2D eigenvalue weighted by molar-refractivity contribution is 5.93. The van der Waals surface area contributed by atoms with Crippen LogP contribution in [0.15, 0.2) is 103 Å². The lowest BCUT2D eigenvalue weighted by Crippen LogP contribution is -2.32. The van der Waals surface area contributed by atoms with E-state index in [1.54, 1.807) is 13.2 Å². The fourth-order valence-electron chi connectivity index (χ4n) is 4.69. The summed E-state index contributed by atoms with van der Waals surface area (Å²) in [6.45, 7) is 0.539. The number of carbonyl (C=O) groups excluding carboxylic acids is 1. The molecule has 0 amide bonds. The minimum Gasteiger partial charge on any atom is -0.382 e. The van der Waals surface area contributed by atoms with Crippen LogP contribution in [0.2, 0.25) is 0 Å². The van der Waals surface area contributed by atoms with E-state index in [9.17, 15) is 4.79 Å². The molecule has 0 spiro atoms. The first-order chi connectivity index (χ1) is 15.8. The molecule has 5 rings (SSSR count). The number of nitrogens with zero attached hydrogens (tertiary/aromatic N) is 2. The van der Waals surface area contributed by atoms with Gasteiger partial charge in [0.2, 0.25) is 0 Å². The second kappa shape index (κ2) is 8.85. The number of anilines is 1. The van der Waals surface area contributed by atoms with Crippen LogP contribution >= 0.6 is 0 Å². The van der Waals surface area contributed by atoms with E-state index in [1.165, 1.54) is 5.56 Å². The van der Waals surface area contributed by atoms with Crippen molar-refractivity contribution in [3.05, 3.63) is 115 Å². The number of carbonyl (C=O) groups is 1. The Kier molecular flexibility index (Phi) is 5.61. The largest absolute Gasteiger partial charge is 0.382 e. The number of allylic oxidation sites excluding steroid dienone is 1. The Morgan fingerprint density at radius 2 is 1.62 bits per heavy atom. The first-order valence-electron chi connectivity index (χ1n) is 10.9. The number of hydrogen-bond acceptors (Lipinski definition) is 3. The van der Waals surface area contributed by atoms with E-state index in [1.807, 2.05) is 30.5 Å². The number of methoxy groups -OCH3 is 1.